The molecule has 52 heavy (non-hydrogen) atoms. The Morgan fingerprint density at radius 1 is 0.942 bits per heavy atom. The molecule has 6 rings (SSSR count). The van der Waals surface area contributed by atoms with Gasteiger partial charge in [0, 0.05) is 43.0 Å². The third-order valence-electron chi connectivity index (χ3n) is 8.76. The molecule has 1 aliphatic heterocycles. The highest BCUT2D eigenvalue weighted by atomic mass is 19.4. The van der Waals surface area contributed by atoms with Crippen LogP contribution < -0.4 is 30.0 Å². The van der Waals surface area contributed by atoms with Gasteiger partial charge < -0.3 is 29.2 Å². The second-order valence-corrected chi connectivity index (χ2v) is 12.3. The lowest BCUT2D eigenvalue weighted by Gasteiger charge is -2.26. The Morgan fingerprint density at radius 3 is 2.38 bits per heavy atom. The first-order valence-corrected chi connectivity index (χ1v) is 16.7. The van der Waals surface area contributed by atoms with E-state index in [0.29, 0.717) is 34.8 Å². The van der Waals surface area contributed by atoms with Gasteiger partial charge >= 0.3 is 12.1 Å². The zero-order valence-electron chi connectivity index (χ0n) is 28.8. The van der Waals surface area contributed by atoms with Crippen molar-refractivity contribution in [3.8, 4) is 34.4 Å². The molecule has 0 bridgehead atoms. The van der Waals surface area contributed by atoms with Gasteiger partial charge in [-0.1, -0.05) is 6.42 Å². The topological polar surface area (TPSA) is 109 Å². The molecule has 0 atom stereocenters. The van der Waals surface area contributed by atoms with E-state index < -0.39 is 29.5 Å². The molecule has 15 heteroatoms. The first-order valence-electron chi connectivity index (χ1n) is 16.7. The number of hydrogen-bond acceptors (Lipinski definition) is 8. The number of nitrogens with one attached hydrogen (secondary N) is 1. The monoisotopic (exact) mass is 723 g/mol. The van der Waals surface area contributed by atoms with Crippen molar-refractivity contribution in [1.82, 2.24) is 19.0 Å². The maximum Gasteiger partial charge on any atom is 0.573 e. The molecule has 0 saturated carbocycles. The minimum absolute atomic E-state index is 0.0381. The van der Waals surface area contributed by atoms with Crippen LogP contribution in [0.3, 0.4) is 0 Å². The highest BCUT2D eigenvalue weighted by Gasteiger charge is 2.31. The van der Waals surface area contributed by atoms with Crippen molar-refractivity contribution in [3.63, 3.8) is 0 Å². The van der Waals surface area contributed by atoms with E-state index in [1.165, 1.54) is 69.2 Å². The number of benzene rings is 3. The summed E-state index contributed by atoms with van der Waals surface area (Å²) in [5, 5.41) is 3.16. The van der Waals surface area contributed by atoms with Gasteiger partial charge in [-0.05, 0) is 87.8 Å². The molecule has 3 heterocycles. The van der Waals surface area contributed by atoms with Crippen LogP contribution in [0, 0.1) is 12.7 Å². The minimum Gasteiger partial charge on any atom is -0.493 e. The van der Waals surface area contributed by atoms with Crippen molar-refractivity contribution in [1.29, 1.82) is 0 Å². The summed E-state index contributed by atoms with van der Waals surface area (Å²) in [6, 6.07) is 13.6. The van der Waals surface area contributed by atoms with E-state index >= 15 is 4.39 Å². The fraction of sp³-hybridized carbons (Fsp3) is 0.324. The predicted molar refractivity (Wildman–Crippen MR) is 186 cm³/mol. The Bertz CT molecular complexity index is 2120. The third-order valence-corrected chi connectivity index (χ3v) is 8.76. The molecule has 274 valence electrons. The predicted octanol–water partition coefficient (Wildman–Crippen LogP) is 7.38. The summed E-state index contributed by atoms with van der Waals surface area (Å²) >= 11 is 0. The molecule has 0 spiro atoms. The number of alkyl halides is 3. The number of hydrogen-bond donors (Lipinski definition) is 1. The quantitative estimate of drug-likeness (QED) is 0.105. The Hall–Kier alpha value is -5.57. The van der Waals surface area contributed by atoms with Gasteiger partial charge in [0.25, 0.3) is 5.91 Å². The number of anilines is 1. The van der Waals surface area contributed by atoms with Gasteiger partial charge in [0.15, 0.2) is 23.1 Å². The number of nitrogens with zero attached hydrogens (tertiary/aromatic N) is 4. The Kier molecular flexibility index (Phi) is 10.7. The number of carbonyl (C=O) groups excluding carboxylic acids is 1. The van der Waals surface area contributed by atoms with Gasteiger partial charge in [-0.25, -0.2) is 9.18 Å². The summed E-state index contributed by atoms with van der Waals surface area (Å²) < 4.78 is 76.9. The number of likely N-dealkylation sites (tertiary alicyclic amines) is 1. The van der Waals surface area contributed by atoms with Crippen LogP contribution in [0.15, 0.2) is 71.7 Å². The van der Waals surface area contributed by atoms with Gasteiger partial charge in [0.1, 0.15) is 17.2 Å². The van der Waals surface area contributed by atoms with Crippen LogP contribution in [0.2, 0.25) is 0 Å². The number of fused-ring (bicyclic) bond motifs is 1. The van der Waals surface area contributed by atoms with E-state index in [4.69, 9.17) is 14.2 Å². The van der Waals surface area contributed by atoms with Crippen LogP contribution in [0.4, 0.5) is 23.2 Å². The molecule has 1 fully saturated rings. The Balaban J connectivity index is 1.15. The van der Waals surface area contributed by atoms with Crippen LogP contribution in [-0.4, -0.2) is 64.6 Å². The Labute approximate surface area is 296 Å². The van der Waals surface area contributed by atoms with Crippen molar-refractivity contribution in [2.24, 2.45) is 7.05 Å². The van der Waals surface area contributed by atoms with Crippen molar-refractivity contribution in [2.45, 2.75) is 39.0 Å². The summed E-state index contributed by atoms with van der Waals surface area (Å²) in [7, 11) is 2.91. The summed E-state index contributed by atoms with van der Waals surface area (Å²) in [4.78, 5) is 33.3. The van der Waals surface area contributed by atoms with Gasteiger partial charge in [-0.15, -0.1) is 13.2 Å². The van der Waals surface area contributed by atoms with Crippen LogP contribution >= 0.6 is 0 Å². The fourth-order valence-electron chi connectivity index (χ4n) is 6.27. The van der Waals surface area contributed by atoms with Crippen molar-refractivity contribution in [2.75, 3.05) is 38.7 Å². The number of piperidine rings is 1. The lowest BCUT2D eigenvalue weighted by atomic mass is 10.1. The summed E-state index contributed by atoms with van der Waals surface area (Å²) in [6.07, 6.45) is 1.30. The number of pyridine rings is 1. The summed E-state index contributed by atoms with van der Waals surface area (Å²) in [5.41, 5.74) is 0.422. The molecule has 1 N–H and O–H groups in total. The molecule has 1 aliphatic rings. The molecule has 0 unspecified atom stereocenters. The first-order chi connectivity index (χ1) is 24.9. The third kappa shape index (κ3) is 8.15. The van der Waals surface area contributed by atoms with E-state index in [1.54, 1.807) is 24.4 Å². The Morgan fingerprint density at radius 2 is 1.69 bits per heavy atom. The standard InChI is InChI=1S/C37H37F4N5O6/c1-23-34(44(2)36(48)46(23)25-9-11-26(12-10-25)52-37(39,40)41)35(47)43-24-8-13-31(28(38)20-24)51-30-14-15-42-29-22-33(32(49-3)21-27(29)30)50-19-7-18-45-16-5-4-6-17-45/h8-15,20-22H,4-7,16-19H2,1-3H3,(H,43,47). The zero-order valence-corrected chi connectivity index (χ0v) is 28.8. The maximum absolute atomic E-state index is 15.4. The molecule has 1 saturated heterocycles. The van der Waals surface area contributed by atoms with E-state index in [9.17, 15) is 22.8 Å². The van der Waals surface area contributed by atoms with Crippen LogP contribution in [0.5, 0.6) is 28.7 Å². The van der Waals surface area contributed by atoms with Crippen LogP contribution in [0.1, 0.15) is 41.9 Å². The highest BCUT2D eigenvalue weighted by Crippen LogP contribution is 2.38. The van der Waals surface area contributed by atoms with Crippen molar-refractivity contribution in [3.05, 3.63) is 94.5 Å². The molecule has 3 aromatic carbocycles. The molecule has 5 aromatic rings. The number of amides is 1. The lowest BCUT2D eigenvalue weighted by Crippen LogP contribution is -2.31. The fourth-order valence-corrected chi connectivity index (χ4v) is 6.27. The van der Waals surface area contributed by atoms with Crippen LogP contribution in [0.25, 0.3) is 16.6 Å². The van der Waals surface area contributed by atoms with Crippen LogP contribution in [-0.2, 0) is 7.05 Å². The minimum atomic E-state index is -4.87. The molecule has 0 radical (unpaired) electrons. The molecular formula is C37H37F4N5O6. The highest BCUT2D eigenvalue weighted by molar-refractivity contribution is 6.04. The summed E-state index contributed by atoms with van der Waals surface area (Å²) in [5.74, 6) is -0.717. The number of ether oxygens (including phenoxy) is 4. The van der Waals surface area contributed by atoms with Gasteiger partial charge in [-0.2, -0.15) is 0 Å². The normalized spacial score (nSPS) is 13.6. The molecular weight excluding hydrogens is 686 g/mol. The average molecular weight is 724 g/mol. The first kappa shape index (κ1) is 36.2. The van der Waals surface area contributed by atoms with E-state index in [-0.39, 0.29) is 28.5 Å². The zero-order chi connectivity index (χ0) is 37.0. The number of aromatic nitrogens is 3. The second-order valence-electron chi connectivity index (χ2n) is 12.3. The van der Waals surface area contributed by atoms with Gasteiger partial charge in [0.05, 0.1) is 30.6 Å². The SMILES string of the molecule is COc1cc2c(Oc3ccc(NC(=O)c4c(C)n(-c5ccc(OC(F)(F)F)cc5)c(=O)n4C)cc3F)ccnc2cc1OCCCN1CCCCC1. The number of halogens is 4. The smallest absolute Gasteiger partial charge is 0.493 e. The lowest BCUT2D eigenvalue weighted by molar-refractivity contribution is -0.274. The molecule has 1 amide bonds. The van der Waals surface area contributed by atoms with Gasteiger partial charge in [0.2, 0.25) is 0 Å². The van der Waals surface area contributed by atoms with E-state index in [1.807, 2.05) is 0 Å². The molecule has 11 nitrogen and oxygen atoms in total. The number of methoxy groups -OCH3 is 1. The molecule has 2 aromatic heterocycles. The average Bonchev–Trinajstić information content (AvgIpc) is 3.34. The van der Waals surface area contributed by atoms with E-state index in [0.717, 1.165) is 48.8 Å². The van der Waals surface area contributed by atoms with Crippen molar-refractivity contribution >= 4 is 22.5 Å². The molecule has 0 aliphatic carbocycles. The van der Waals surface area contributed by atoms with Gasteiger partial charge in [-0.3, -0.25) is 18.9 Å². The summed E-state index contributed by atoms with van der Waals surface area (Å²) in [6.45, 7) is 5.24. The van der Waals surface area contributed by atoms with Crippen molar-refractivity contribution < 1.29 is 41.3 Å². The number of imidazole rings is 1. The second kappa shape index (κ2) is 15.4. The van der Waals surface area contributed by atoms with E-state index in [2.05, 4.69) is 19.9 Å². The maximum atomic E-state index is 15.4. The number of rotatable bonds is 12. The largest absolute Gasteiger partial charge is 0.573 e. The number of carbonyl (C=O) groups is 1.